The number of carbonyl (C=O) groups is 8. The Kier molecular flexibility index (Phi) is 30.4. The van der Waals surface area contributed by atoms with Gasteiger partial charge in [0, 0.05) is 23.0 Å². The van der Waals surface area contributed by atoms with E-state index in [0.29, 0.717) is 38.8 Å². The topological polar surface area (TPSA) is 297 Å². The van der Waals surface area contributed by atoms with Gasteiger partial charge >= 0.3 is 164 Å². The number of unbranched alkanes of at least 4 members (excludes halogenated alkanes) is 2. The van der Waals surface area contributed by atoms with Crippen LogP contribution in [0.4, 0.5) is 9.59 Å². The average Bonchev–Trinajstić information content (AvgIpc) is 3.26. The molecule has 0 spiro atoms. The molecule has 2 rings (SSSR count). The summed E-state index contributed by atoms with van der Waals surface area (Å²) in [6.45, 7) is 18.6. The minimum atomic E-state index is -2.06. The Hall–Kier alpha value is -4.75. The quantitative estimate of drug-likeness (QED) is 0.0131. The molecule has 0 aliphatic rings. The fraction of sp³-hybridized carbons (Fsp3) is 0.623. The van der Waals surface area contributed by atoms with Crippen molar-refractivity contribution in [1.29, 1.82) is 0 Å². The van der Waals surface area contributed by atoms with E-state index in [1.54, 1.807) is 62.3 Å². The molecule has 0 bridgehead atoms. The second-order valence-corrected chi connectivity index (χ2v) is 37.9. The second kappa shape index (κ2) is 33.4. The monoisotopic (exact) mass is 1280 g/mol. The molecule has 422 valence electrons. The number of hydrogen-bond donors (Lipinski definition) is 9. The summed E-state index contributed by atoms with van der Waals surface area (Å²) < 4.78 is 19.0. The van der Waals surface area contributed by atoms with Gasteiger partial charge in [0.2, 0.25) is 0 Å². The summed E-state index contributed by atoms with van der Waals surface area (Å²) in [5.74, 6) is -5.55. The molecule has 9 N–H and O–H groups in total. The van der Waals surface area contributed by atoms with Crippen molar-refractivity contribution in [3.05, 3.63) is 63.2 Å². The third-order valence-corrected chi connectivity index (χ3v) is 17.1. The molecule has 0 saturated carbocycles. The molecule has 2 aromatic rings. The van der Waals surface area contributed by atoms with Gasteiger partial charge in [-0.15, -0.1) is 0 Å². The number of halogens is 1. The zero-order valence-corrected chi connectivity index (χ0v) is 51.0. The van der Waals surface area contributed by atoms with E-state index >= 15 is 0 Å². The number of carboxylic acid groups (broad SMARTS) is 3. The summed E-state index contributed by atoms with van der Waals surface area (Å²) in [7, 11) is 0. The van der Waals surface area contributed by atoms with Gasteiger partial charge in [-0.1, -0.05) is 12.1 Å². The molecule has 0 fully saturated rings. The van der Waals surface area contributed by atoms with Crippen LogP contribution in [0.1, 0.15) is 138 Å². The third-order valence-electron chi connectivity index (χ3n) is 10.5. The first-order valence-electron chi connectivity index (χ1n) is 25.4. The van der Waals surface area contributed by atoms with Crippen LogP contribution in [0.15, 0.2) is 48.5 Å². The summed E-state index contributed by atoms with van der Waals surface area (Å²) in [4.78, 5) is 103. The number of hydrogen-bond acceptors (Lipinski definition) is 13. The van der Waals surface area contributed by atoms with E-state index in [-0.39, 0.29) is 25.7 Å². The molecule has 0 aliphatic carbocycles. The Morgan fingerprint density at radius 1 is 0.507 bits per heavy atom. The van der Waals surface area contributed by atoms with Crippen molar-refractivity contribution in [2.24, 2.45) is 0 Å². The van der Waals surface area contributed by atoms with Crippen molar-refractivity contribution in [3.8, 4) is 0 Å². The van der Waals surface area contributed by atoms with E-state index in [2.05, 4.69) is 93.6 Å². The first kappa shape index (κ1) is 68.3. The average molecular weight is 1280 g/mol. The number of aliphatic carboxylic acids is 3. The second-order valence-electron chi connectivity index (χ2n) is 22.2. The molecular weight excluding hydrogens is 1190 g/mol. The fourth-order valence-electron chi connectivity index (χ4n) is 6.78. The van der Waals surface area contributed by atoms with Gasteiger partial charge in [-0.2, -0.15) is 0 Å². The number of benzene rings is 2. The van der Waals surface area contributed by atoms with Crippen molar-refractivity contribution < 1.29 is 67.9 Å². The maximum atomic E-state index is 13.1. The van der Waals surface area contributed by atoms with Crippen molar-refractivity contribution in [2.75, 3.05) is 13.1 Å². The number of carboxylic acids is 3. The van der Waals surface area contributed by atoms with Crippen LogP contribution < -0.4 is 35.5 Å². The van der Waals surface area contributed by atoms with Gasteiger partial charge in [0.05, 0.1) is 0 Å². The summed E-state index contributed by atoms with van der Waals surface area (Å²) in [6, 6.07) is 10.6. The Labute approximate surface area is 461 Å². The molecule has 22 heteroatoms. The third kappa shape index (κ3) is 33.8. The SMILES string of the molecule is CC(C)(C)OC(=O)CC[C@H](NC(=O)N[C@@H](CCCCNCc1cc[c]([Sn]([CH3])([CH3])[CH3])cc1)C(=O)OC(C)(C)C)C(=O)OC(C)(C)C.O=C(O)CC[C@H](NC(=O)N[C@@H](CCCCNCc1ccc(I)cc1)C(=O)O)C(=O)O. The molecular formula is C53H85IN6O14Sn. The Morgan fingerprint density at radius 3 is 1.25 bits per heavy atom. The van der Waals surface area contributed by atoms with E-state index in [9.17, 15) is 43.5 Å². The number of esters is 3. The van der Waals surface area contributed by atoms with E-state index in [4.69, 9.17) is 24.4 Å². The van der Waals surface area contributed by atoms with Crippen molar-refractivity contribution in [3.63, 3.8) is 0 Å². The first-order valence-corrected chi connectivity index (χ1v) is 36.4. The number of amides is 4. The molecule has 0 unspecified atom stereocenters. The summed E-state index contributed by atoms with van der Waals surface area (Å²) >= 11 is 0.168. The molecule has 2 aromatic carbocycles. The van der Waals surface area contributed by atoms with Crippen LogP contribution in [-0.2, 0) is 56.1 Å². The Morgan fingerprint density at radius 2 is 0.867 bits per heavy atom. The van der Waals surface area contributed by atoms with Crippen molar-refractivity contribution in [2.45, 2.75) is 195 Å². The number of urea groups is 2. The number of rotatable bonds is 29. The van der Waals surface area contributed by atoms with Crippen molar-refractivity contribution >= 4 is 92.4 Å². The summed E-state index contributed by atoms with van der Waals surface area (Å²) in [6.07, 6.45) is 2.35. The molecule has 0 saturated heterocycles. The summed E-state index contributed by atoms with van der Waals surface area (Å²) in [5.41, 5.74) is 0.149. The molecule has 0 aromatic heterocycles. The Bertz CT molecular complexity index is 2140. The minimum Gasteiger partial charge on any atom is -0.481 e. The van der Waals surface area contributed by atoms with Crippen LogP contribution in [0.3, 0.4) is 0 Å². The van der Waals surface area contributed by atoms with Crippen LogP contribution in [0.25, 0.3) is 0 Å². The van der Waals surface area contributed by atoms with Gasteiger partial charge in [-0.3, -0.25) is 9.59 Å². The maximum absolute atomic E-state index is 13.1. The van der Waals surface area contributed by atoms with Gasteiger partial charge in [0.15, 0.2) is 0 Å². The molecule has 75 heavy (non-hydrogen) atoms. The fourth-order valence-corrected chi connectivity index (χ4v) is 10.5. The van der Waals surface area contributed by atoms with Crippen molar-refractivity contribution in [1.82, 2.24) is 31.9 Å². The zero-order valence-electron chi connectivity index (χ0n) is 46.0. The molecule has 4 amide bonds. The van der Waals surface area contributed by atoms with Gasteiger partial charge in [0.25, 0.3) is 0 Å². The molecule has 0 aliphatic heterocycles. The van der Waals surface area contributed by atoms with E-state index in [1.165, 1.54) is 9.14 Å². The molecule has 0 heterocycles. The van der Waals surface area contributed by atoms with Gasteiger partial charge in [-0.05, 0) is 141 Å². The summed E-state index contributed by atoms with van der Waals surface area (Å²) in [5, 5.41) is 43.3. The van der Waals surface area contributed by atoms with Crippen LogP contribution in [-0.4, -0.2) is 136 Å². The van der Waals surface area contributed by atoms with Gasteiger partial charge in [0.1, 0.15) is 34.9 Å². The molecule has 0 radical (unpaired) electrons. The van der Waals surface area contributed by atoms with E-state index < -0.39 is 114 Å². The number of ether oxygens (including phenoxy) is 3. The smallest absolute Gasteiger partial charge is 0.481 e. The predicted octanol–water partition coefficient (Wildman–Crippen LogP) is 6.95. The van der Waals surface area contributed by atoms with Crippen LogP contribution in [0.5, 0.6) is 0 Å². The van der Waals surface area contributed by atoms with E-state index in [1.807, 2.05) is 24.3 Å². The normalized spacial score (nSPS) is 13.3. The molecule has 20 nitrogen and oxygen atoms in total. The number of carbonyl (C=O) groups excluding carboxylic acids is 5. The Balaban J connectivity index is 0.000000812. The van der Waals surface area contributed by atoms with Crippen LogP contribution in [0, 0.1) is 3.57 Å². The molecule has 4 atom stereocenters. The standard InChI is InChI=1S/C31H50N3O7.C19H26IN3O7.3CH3.Sn/c1-29(2,3)39-25(35)19-18-24(27(37)41-31(7,8)9)34-28(38)33-23(26(36)40-30(4,5)6)17-13-14-20-32-21-22-15-11-10-12-16-22;20-13-6-4-12(5-7-13)11-21-10-2-1-3-14(17(26)27)22-19(30)23-15(18(28)29)8-9-16(24)25;;;;/h11-12,15-16,23-24,32H,13-14,17-21H2,1-9H3,(H2,33,34,38);4-7,14-15,21H,1-3,8-11H2,(H,24,25)(H,26,27)(H,28,29)(H2,22,23,30);3*1H3;/t23-,24-;14-,15-;;;;/m00..../s1. The minimum absolute atomic E-state index is 0.0259. The first-order chi connectivity index (χ1) is 34.6. The van der Waals surface area contributed by atoms with Gasteiger partial charge < -0.3 is 50.8 Å². The zero-order chi connectivity index (χ0) is 57.2. The van der Waals surface area contributed by atoms with Gasteiger partial charge in [-0.25, -0.2) is 28.8 Å². The predicted molar refractivity (Wildman–Crippen MR) is 297 cm³/mol. The number of nitrogens with one attached hydrogen (secondary N) is 6. The van der Waals surface area contributed by atoms with Crippen LogP contribution >= 0.6 is 22.6 Å². The van der Waals surface area contributed by atoms with Crippen LogP contribution in [0.2, 0.25) is 14.8 Å². The van der Waals surface area contributed by atoms with E-state index in [0.717, 1.165) is 28.6 Å².